The van der Waals surface area contributed by atoms with Crippen molar-refractivity contribution in [3.63, 3.8) is 0 Å². The lowest BCUT2D eigenvalue weighted by atomic mass is 10.2. The molecule has 2 aromatic rings. The van der Waals surface area contributed by atoms with E-state index < -0.39 is 0 Å². The quantitative estimate of drug-likeness (QED) is 0.774. The number of carbonyl (C=O) groups is 1. The van der Waals surface area contributed by atoms with Crippen molar-refractivity contribution < 1.29 is 9.53 Å². The van der Waals surface area contributed by atoms with Crippen LogP contribution in [0.2, 0.25) is 0 Å². The predicted octanol–water partition coefficient (Wildman–Crippen LogP) is 4.60. The molecule has 2 N–H and O–H groups in total. The highest BCUT2D eigenvalue weighted by Crippen LogP contribution is 2.23. The number of aryl methyl sites for hydroxylation is 1. The summed E-state index contributed by atoms with van der Waals surface area (Å²) in [6.45, 7) is 6.18. The van der Waals surface area contributed by atoms with E-state index in [1.54, 1.807) is 0 Å². The van der Waals surface area contributed by atoms with Crippen molar-refractivity contribution in [1.29, 1.82) is 0 Å². The number of nitrogens with one attached hydrogen (secondary N) is 2. The minimum atomic E-state index is -0.102. The Morgan fingerprint density at radius 3 is 2.48 bits per heavy atom. The molecule has 0 saturated heterocycles. The molecular weight excluding hydrogens is 356 g/mol. The lowest BCUT2D eigenvalue weighted by Gasteiger charge is -2.12. The summed E-state index contributed by atoms with van der Waals surface area (Å²) in [6.07, 6.45) is 0.132. The molecule has 122 valence electrons. The molecule has 23 heavy (non-hydrogen) atoms. The van der Waals surface area contributed by atoms with Crippen LogP contribution in [0, 0.1) is 6.92 Å². The Hall–Kier alpha value is -2.01. The van der Waals surface area contributed by atoms with Gasteiger partial charge in [-0.25, -0.2) is 0 Å². The first kappa shape index (κ1) is 17.3. The summed E-state index contributed by atoms with van der Waals surface area (Å²) >= 11 is 3.48. The van der Waals surface area contributed by atoms with Gasteiger partial charge in [0.1, 0.15) is 5.75 Å². The Labute approximate surface area is 145 Å². The van der Waals surface area contributed by atoms with Crippen LogP contribution in [0.4, 0.5) is 11.4 Å². The van der Waals surface area contributed by atoms with Crippen LogP contribution in [0.25, 0.3) is 0 Å². The zero-order valence-electron chi connectivity index (χ0n) is 13.5. The second-order valence-electron chi connectivity index (χ2n) is 5.58. The Balaban J connectivity index is 1.87. The molecule has 0 saturated carbocycles. The Morgan fingerprint density at radius 2 is 1.87 bits per heavy atom. The van der Waals surface area contributed by atoms with E-state index in [4.69, 9.17) is 4.74 Å². The van der Waals surface area contributed by atoms with Crippen molar-refractivity contribution in [3.05, 3.63) is 52.5 Å². The third-order valence-electron chi connectivity index (χ3n) is 3.07. The minimum absolute atomic E-state index is 0.102. The van der Waals surface area contributed by atoms with Crippen LogP contribution >= 0.6 is 15.9 Å². The summed E-state index contributed by atoms with van der Waals surface area (Å²) < 4.78 is 6.52. The Kier molecular flexibility index (Phi) is 6.04. The van der Waals surface area contributed by atoms with Crippen LogP contribution in [0.3, 0.4) is 0 Å². The van der Waals surface area contributed by atoms with Crippen molar-refractivity contribution in [1.82, 2.24) is 0 Å². The molecule has 0 aliphatic rings. The van der Waals surface area contributed by atoms with Gasteiger partial charge in [0.15, 0.2) is 0 Å². The highest BCUT2D eigenvalue weighted by molar-refractivity contribution is 9.10. The summed E-state index contributed by atoms with van der Waals surface area (Å²) in [5, 5.41) is 5.97. The molecule has 5 heteroatoms. The maximum Gasteiger partial charge on any atom is 0.243 e. The zero-order chi connectivity index (χ0) is 16.8. The van der Waals surface area contributed by atoms with Crippen molar-refractivity contribution in [3.8, 4) is 5.75 Å². The third-order valence-corrected chi connectivity index (χ3v) is 3.73. The van der Waals surface area contributed by atoms with Crippen molar-refractivity contribution >= 4 is 33.2 Å². The normalized spacial score (nSPS) is 10.5. The molecule has 2 aromatic carbocycles. The van der Waals surface area contributed by atoms with Crippen molar-refractivity contribution in [2.24, 2.45) is 0 Å². The summed E-state index contributed by atoms with van der Waals surface area (Å²) in [4.78, 5) is 12.0. The number of hydrogen-bond donors (Lipinski definition) is 2. The molecule has 0 aromatic heterocycles. The van der Waals surface area contributed by atoms with Gasteiger partial charge in [-0.3, -0.25) is 4.79 Å². The number of benzene rings is 2. The van der Waals surface area contributed by atoms with Crippen LogP contribution in [-0.4, -0.2) is 18.6 Å². The second kappa shape index (κ2) is 8.02. The van der Waals surface area contributed by atoms with Crippen LogP contribution in [0.1, 0.15) is 19.4 Å². The first-order valence-electron chi connectivity index (χ1n) is 7.50. The summed E-state index contributed by atoms with van der Waals surface area (Å²) in [7, 11) is 0. The third kappa shape index (κ3) is 5.60. The number of rotatable bonds is 6. The first-order valence-corrected chi connectivity index (χ1v) is 8.30. The molecule has 0 fully saturated rings. The van der Waals surface area contributed by atoms with E-state index in [0.29, 0.717) is 0 Å². The van der Waals surface area contributed by atoms with Gasteiger partial charge in [0.25, 0.3) is 0 Å². The smallest absolute Gasteiger partial charge is 0.243 e. The van der Waals surface area contributed by atoms with Gasteiger partial charge < -0.3 is 15.4 Å². The van der Waals surface area contributed by atoms with Crippen molar-refractivity contribution in [2.45, 2.75) is 26.9 Å². The van der Waals surface area contributed by atoms with Gasteiger partial charge in [-0.1, -0.05) is 6.07 Å². The molecule has 2 rings (SSSR count). The van der Waals surface area contributed by atoms with E-state index in [1.807, 2.05) is 63.2 Å². The highest BCUT2D eigenvalue weighted by Gasteiger charge is 2.05. The molecule has 0 heterocycles. The number of hydrogen-bond acceptors (Lipinski definition) is 3. The van der Waals surface area contributed by atoms with E-state index in [2.05, 4.69) is 26.6 Å². The largest absolute Gasteiger partial charge is 0.491 e. The second-order valence-corrected chi connectivity index (χ2v) is 6.43. The van der Waals surface area contributed by atoms with Gasteiger partial charge in [0, 0.05) is 15.8 Å². The molecular formula is C18H21BrN2O2. The molecule has 4 nitrogen and oxygen atoms in total. The van der Waals surface area contributed by atoms with E-state index in [0.717, 1.165) is 27.2 Å². The molecule has 0 spiro atoms. The molecule has 0 unspecified atom stereocenters. The fraction of sp³-hybridized carbons (Fsp3) is 0.278. The van der Waals surface area contributed by atoms with Crippen LogP contribution in [0.5, 0.6) is 5.75 Å². The lowest BCUT2D eigenvalue weighted by molar-refractivity contribution is -0.114. The lowest BCUT2D eigenvalue weighted by Crippen LogP contribution is -2.21. The number of amides is 1. The number of anilines is 2. The van der Waals surface area contributed by atoms with Gasteiger partial charge >= 0.3 is 0 Å². The van der Waals surface area contributed by atoms with Gasteiger partial charge in [0.05, 0.1) is 12.6 Å². The highest BCUT2D eigenvalue weighted by atomic mass is 79.9. The average molecular weight is 377 g/mol. The average Bonchev–Trinajstić information content (AvgIpc) is 2.48. The maximum absolute atomic E-state index is 12.0. The summed E-state index contributed by atoms with van der Waals surface area (Å²) in [5.74, 6) is 0.690. The summed E-state index contributed by atoms with van der Waals surface area (Å²) in [5.41, 5.74) is 2.80. The molecule has 1 amide bonds. The Bertz CT molecular complexity index is 669. The van der Waals surface area contributed by atoms with Crippen LogP contribution in [0.15, 0.2) is 46.9 Å². The topological polar surface area (TPSA) is 50.4 Å². The van der Waals surface area contributed by atoms with E-state index in [9.17, 15) is 4.79 Å². The van der Waals surface area contributed by atoms with E-state index in [1.165, 1.54) is 0 Å². The maximum atomic E-state index is 12.0. The van der Waals surface area contributed by atoms with Crippen LogP contribution < -0.4 is 15.4 Å². The molecule has 0 aliphatic carbocycles. The SMILES string of the molecule is Cc1ccc(NCC(=O)Nc2ccc(OC(C)C)cc2)c(Br)c1. The molecule has 0 aliphatic heterocycles. The summed E-state index contributed by atoms with van der Waals surface area (Å²) in [6, 6.07) is 13.3. The minimum Gasteiger partial charge on any atom is -0.491 e. The van der Waals surface area contributed by atoms with Gasteiger partial charge in [-0.05, 0) is 78.7 Å². The monoisotopic (exact) mass is 376 g/mol. The zero-order valence-corrected chi connectivity index (χ0v) is 15.1. The molecule has 0 atom stereocenters. The standard InChI is InChI=1S/C18H21BrN2O2/c1-12(2)23-15-7-5-14(6-8-15)21-18(22)11-20-17-9-4-13(3)10-16(17)19/h4-10,12,20H,11H2,1-3H3,(H,21,22). The van der Waals surface area contributed by atoms with Gasteiger partial charge in [-0.2, -0.15) is 0 Å². The Morgan fingerprint density at radius 1 is 1.17 bits per heavy atom. The number of halogens is 1. The number of carbonyl (C=O) groups excluding carboxylic acids is 1. The fourth-order valence-electron chi connectivity index (χ4n) is 2.03. The predicted molar refractivity (Wildman–Crippen MR) is 98.2 cm³/mol. The van der Waals surface area contributed by atoms with Gasteiger partial charge in [-0.15, -0.1) is 0 Å². The first-order chi connectivity index (χ1) is 10.9. The van der Waals surface area contributed by atoms with E-state index in [-0.39, 0.29) is 18.6 Å². The fourth-order valence-corrected chi connectivity index (χ4v) is 2.67. The van der Waals surface area contributed by atoms with Crippen molar-refractivity contribution in [2.75, 3.05) is 17.2 Å². The molecule has 0 bridgehead atoms. The van der Waals surface area contributed by atoms with Gasteiger partial charge in [0.2, 0.25) is 5.91 Å². The van der Waals surface area contributed by atoms with E-state index >= 15 is 0 Å². The number of ether oxygens (including phenoxy) is 1. The van der Waals surface area contributed by atoms with Crippen LogP contribution in [-0.2, 0) is 4.79 Å². The molecule has 0 radical (unpaired) electrons.